The van der Waals surface area contributed by atoms with E-state index in [4.69, 9.17) is 28.4 Å². The molecule has 1 saturated carbocycles. The van der Waals surface area contributed by atoms with Crippen LogP contribution in [0, 0.1) is 11.8 Å². The van der Waals surface area contributed by atoms with Gasteiger partial charge in [-0.3, -0.25) is 38.6 Å². The molecule has 0 aromatic heterocycles. The summed E-state index contributed by atoms with van der Waals surface area (Å²) in [4.78, 5) is 82.7. The van der Waals surface area contributed by atoms with Gasteiger partial charge in [0.2, 0.25) is 17.6 Å². The Kier molecular flexibility index (Phi) is 11.9. The highest BCUT2D eigenvalue weighted by atomic mass is 32.2. The van der Waals surface area contributed by atoms with Crippen LogP contribution >= 0.6 is 11.8 Å². The number of carboxylic acid groups (broad SMARTS) is 1. The number of methoxy groups -OCH3 is 2. The van der Waals surface area contributed by atoms with Crippen LogP contribution in [0.2, 0.25) is 0 Å². The Bertz CT molecular complexity index is 2300. The standard InChI is InChI=1S/C44H50N2O17S/c1-18-39-23(45-16-30(62-43(59-3)41(45)63-39)64-26-12-28(49)46(40(26)54)15-19-7-9-20(10-8-19)42(55)56)11-29(60-18)61-25-14-44(57,27(48)17-47)13-22-32(25)38(53)34-33(36(22)51)35(50)21-5-4-6-24(58-2)31(21)37(34)52/h4-6,18-20,23,25-26,29-30,39,41,43,47,51,53,57H,7-17H2,1-3H3,(H,55,56)/t18-,19?,20?,23-,25-,26?,29-,30?,39+,41+,43-,44-/m0/s1. The van der Waals surface area contributed by atoms with E-state index in [0.29, 0.717) is 25.7 Å². The fourth-order valence-corrected chi connectivity index (χ4v) is 12.0. The summed E-state index contributed by atoms with van der Waals surface area (Å²) in [5.41, 5.74) is -4.51. The van der Waals surface area contributed by atoms with Crippen LogP contribution in [0.3, 0.4) is 0 Å². The van der Waals surface area contributed by atoms with Crippen molar-refractivity contribution in [2.24, 2.45) is 11.8 Å². The van der Waals surface area contributed by atoms with E-state index in [1.807, 2.05) is 4.90 Å². The maximum atomic E-state index is 14.1. The van der Waals surface area contributed by atoms with Crippen LogP contribution in [-0.4, -0.2) is 158 Å². The van der Waals surface area contributed by atoms with Gasteiger partial charge in [0.25, 0.3) is 0 Å². The number of phenols is 2. The number of imide groups is 1. The molecule has 344 valence electrons. The maximum absolute atomic E-state index is 14.1. The van der Waals surface area contributed by atoms with Crippen molar-refractivity contribution in [2.75, 3.05) is 33.9 Å². The third-order valence-electron chi connectivity index (χ3n) is 14.0. The highest BCUT2D eigenvalue weighted by Gasteiger charge is 2.57. The van der Waals surface area contributed by atoms with Crippen LogP contribution in [0.15, 0.2) is 18.2 Å². The quantitative estimate of drug-likeness (QED) is 0.136. The summed E-state index contributed by atoms with van der Waals surface area (Å²) >= 11 is 1.21. The molecule has 5 fully saturated rings. The highest BCUT2D eigenvalue weighted by Crippen LogP contribution is 2.53. The highest BCUT2D eigenvalue weighted by molar-refractivity contribution is 8.01. The summed E-state index contributed by atoms with van der Waals surface area (Å²) in [5, 5.41) is 54.1. The topological polar surface area (TPSA) is 265 Å². The molecule has 4 heterocycles. The number of morpholine rings is 1. The van der Waals surface area contributed by atoms with E-state index in [9.17, 15) is 54.3 Å². The predicted octanol–water partition coefficient (Wildman–Crippen LogP) is 1.79. The molecule has 20 heteroatoms. The van der Waals surface area contributed by atoms with Crippen molar-refractivity contribution < 1.29 is 82.7 Å². The molecular formula is C44H50N2O17S. The van der Waals surface area contributed by atoms with Gasteiger partial charge in [0.05, 0.1) is 47.2 Å². The number of Topliss-reactive ketones (excluding diaryl/α,β-unsaturated/α-hetero) is 1. The first-order chi connectivity index (χ1) is 30.6. The van der Waals surface area contributed by atoms with Crippen molar-refractivity contribution in [3.05, 3.63) is 51.6 Å². The fourth-order valence-electron chi connectivity index (χ4n) is 10.8. The lowest BCUT2D eigenvalue weighted by Gasteiger charge is -2.44. The molecule has 64 heavy (non-hydrogen) atoms. The number of nitrogens with zero attached hydrogens (tertiary/aromatic N) is 2. The number of phenolic OH excluding ortho intramolecular Hbond substituents is 2. The van der Waals surface area contributed by atoms with Crippen molar-refractivity contribution in [2.45, 2.75) is 118 Å². The molecule has 5 N–H and O–H groups in total. The van der Waals surface area contributed by atoms with Gasteiger partial charge in [-0.25, -0.2) is 0 Å². The van der Waals surface area contributed by atoms with E-state index in [2.05, 4.69) is 0 Å². The third-order valence-corrected chi connectivity index (χ3v) is 15.3. The summed E-state index contributed by atoms with van der Waals surface area (Å²) in [7, 11) is 2.78. The third kappa shape index (κ3) is 7.40. The Morgan fingerprint density at radius 3 is 2.39 bits per heavy atom. The number of aliphatic hydroxyl groups is 2. The molecular weight excluding hydrogens is 861 g/mol. The van der Waals surface area contributed by atoms with Crippen molar-refractivity contribution >= 4 is 46.9 Å². The number of likely N-dealkylation sites (tertiary alicyclic amines) is 1. The molecule has 19 nitrogen and oxygen atoms in total. The number of fused-ring (bicyclic) bond motifs is 6. The van der Waals surface area contributed by atoms with Crippen molar-refractivity contribution in [3.63, 3.8) is 0 Å². The van der Waals surface area contributed by atoms with E-state index >= 15 is 0 Å². The molecule has 0 spiro atoms. The smallest absolute Gasteiger partial charge is 0.306 e. The zero-order valence-electron chi connectivity index (χ0n) is 35.3. The summed E-state index contributed by atoms with van der Waals surface area (Å²) in [5.74, 6) is -5.76. The Balaban J connectivity index is 0.957. The van der Waals surface area contributed by atoms with Gasteiger partial charge in [0.1, 0.15) is 41.0 Å². The number of ether oxygens (including phenoxy) is 6. The van der Waals surface area contributed by atoms with Gasteiger partial charge in [-0.2, -0.15) is 0 Å². The molecule has 2 aromatic carbocycles. The molecule has 0 radical (unpaired) electrons. The Labute approximate surface area is 370 Å². The largest absolute Gasteiger partial charge is 0.507 e. The number of aliphatic hydroxyl groups excluding tert-OH is 1. The predicted molar refractivity (Wildman–Crippen MR) is 218 cm³/mol. The molecule has 2 aromatic rings. The minimum Gasteiger partial charge on any atom is -0.507 e. The number of amides is 2. The second kappa shape index (κ2) is 17.0. The number of benzene rings is 2. The lowest BCUT2D eigenvalue weighted by atomic mass is 9.72. The maximum Gasteiger partial charge on any atom is 0.306 e. The van der Waals surface area contributed by atoms with Gasteiger partial charge in [0.15, 0.2) is 30.4 Å². The zero-order chi connectivity index (χ0) is 45.5. The number of carbonyl (C=O) groups is 6. The normalized spacial score (nSPS) is 34.8. The molecule has 10 atom stereocenters. The van der Waals surface area contributed by atoms with Crippen LogP contribution in [0.1, 0.15) is 101 Å². The fraction of sp³-hybridized carbons (Fsp3) is 0.591. The molecule has 2 amide bonds. The van der Waals surface area contributed by atoms with Gasteiger partial charge >= 0.3 is 5.97 Å². The first-order valence-corrected chi connectivity index (χ1v) is 22.4. The van der Waals surface area contributed by atoms with Crippen molar-refractivity contribution in [3.8, 4) is 17.2 Å². The van der Waals surface area contributed by atoms with Gasteiger partial charge in [-0.1, -0.05) is 12.1 Å². The average Bonchev–Trinajstić information content (AvgIpc) is 3.78. The summed E-state index contributed by atoms with van der Waals surface area (Å²) < 4.78 is 36.7. The number of carboxylic acids is 1. The SMILES string of the molecule is COc1cccc2c1C(=O)c1c(O)c3c(c(O)c1C2=O)C[C@@](O)(C(=O)CO)C[C@@H]3O[C@H]1C[C@H]2[C@H](O[C@@H]3[C@@H](OC)OC(SC4CC(=O)N(CC5CCC(C(=O)O)CC5)C4=O)CN32)[C@H](C)O1. The van der Waals surface area contributed by atoms with Crippen LogP contribution in [0.25, 0.3) is 0 Å². The molecule has 0 bridgehead atoms. The number of hydrogen-bond acceptors (Lipinski definition) is 18. The molecule has 9 rings (SSSR count). The summed E-state index contributed by atoms with van der Waals surface area (Å²) in [6, 6.07) is 3.94. The zero-order valence-corrected chi connectivity index (χ0v) is 36.1. The minimum atomic E-state index is -2.33. The minimum absolute atomic E-state index is 0.0162. The first-order valence-electron chi connectivity index (χ1n) is 21.4. The monoisotopic (exact) mass is 910 g/mol. The first kappa shape index (κ1) is 44.7. The average molecular weight is 911 g/mol. The van der Waals surface area contributed by atoms with E-state index in [0.717, 1.165) is 0 Å². The number of thioether (sulfide) groups is 1. The van der Waals surface area contributed by atoms with Crippen LogP contribution < -0.4 is 4.74 Å². The van der Waals surface area contributed by atoms with Gasteiger partial charge in [-0.05, 0) is 44.6 Å². The van der Waals surface area contributed by atoms with E-state index < -0.39 is 131 Å². The van der Waals surface area contributed by atoms with Crippen LogP contribution in [0.5, 0.6) is 17.2 Å². The second-order valence-electron chi connectivity index (χ2n) is 17.7. The molecule has 3 aliphatic carbocycles. The van der Waals surface area contributed by atoms with E-state index in [-0.39, 0.29) is 71.7 Å². The molecule has 2 unspecified atom stereocenters. The number of hydrogen-bond donors (Lipinski definition) is 5. The lowest BCUT2D eigenvalue weighted by Crippen LogP contribution is -2.57. The summed E-state index contributed by atoms with van der Waals surface area (Å²) in [6.45, 7) is 1.19. The lowest BCUT2D eigenvalue weighted by molar-refractivity contribution is -0.259. The van der Waals surface area contributed by atoms with Gasteiger partial charge in [0, 0.05) is 68.6 Å². The van der Waals surface area contributed by atoms with Crippen molar-refractivity contribution in [1.82, 2.24) is 9.80 Å². The number of carbonyl (C=O) groups excluding carboxylic acids is 5. The van der Waals surface area contributed by atoms with Gasteiger partial charge < -0.3 is 54.0 Å². The molecule has 4 aliphatic heterocycles. The van der Waals surface area contributed by atoms with Crippen molar-refractivity contribution in [1.29, 1.82) is 0 Å². The van der Waals surface area contributed by atoms with Gasteiger partial charge in [-0.15, -0.1) is 11.8 Å². The Morgan fingerprint density at radius 2 is 1.70 bits per heavy atom. The molecule has 4 saturated heterocycles. The number of rotatable bonds is 11. The number of ketones is 3. The Morgan fingerprint density at radius 1 is 0.969 bits per heavy atom. The van der Waals surface area contributed by atoms with E-state index in [1.54, 1.807) is 6.92 Å². The summed E-state index contributed by atoms with van der Waals surface area (Å²) in [6.07, 6.45) is -4.12. The second-order valence-corrected chi connectivity index (χ2v) is 19.0. The van der Waals surface area contributed by atoms with Crippen LogP contribution in [-0.2, 0) is 49.3 Å². The number of aromatic hydroxyl groups is 2. The number of aliphatic carboxylic acids is 1. The van der Waals surface area contributed by atoms with E-state index in [1.165, 1.54) is 49.1 Å². The molecule has 7 aliphatic rings. The van der Waals surface area contributed by atoms with Crippen LogP contribution in [0.4, 0.5) is 0 Å². The Hall–Kier alpha value is -4.51.